The lowest BCUT2D eigenvalue weighted by Gasteiger charge is -2.14. The Morgan fingerprint density at radius 3 is 2.50 bits per heavy atom. The van der Waals surface area contributed by atoms with Crippen LogP contribution in [0.4, 0.5) is 5.69 Å². The number of hydrogen-bond donors (Lipinski definition) is 2. The molecule has 0 bridgehead atoms. The monoisotopic (exact) mass is 270 g/mol. The molecule has 0 saturated heterocycles. The summed E-state index contributed by atoms with van der Waals surface area (Å²) in [4.78, 5) is 12.0. The van der Waals surface area contributed by atoms with Crippen molar-refractivity contribution in [3.05, 3.63) is 54.6 Å². The number of anilines is 1. The molecule has 1 unspecified atom stereocenters. The summed E-state index contributed by atoms with van der Waals surface area (Å²) in [5.74, 6) is -0.254. The first-order valence-corrected chi connectivity index (χ1v) is 6.42. The number of amides is 1. The van der Waals surface area contributed by atoms with Gasteiger partial charge in [0.1, 0.15) is 6.04 Å². The van der Waals surface area contributed by atoms with Gasteiger partial charge in [0, 0.05) is 18.4 Å². The third kappa shape index (κ3) is 3.44. The van der Waals surface area contributed by atoms with E-state index >= 15 is 0 Å². The second-order valence-electron chi connectivity index (χ2n) is 4.46. The second kappa shape index (κ2) is 6.84. The summed E-state index contributed by atoms with van der Waals surface area (Å²) in [5.41, 5.74) is 8.48. The van der Waals surface area contributed by atoms with Gasteiger partial charge in [0.05, 0.1) is 6.61 Å². The topological polar surface area (TPSA) is 64.3 Å². The Hall–Kier alpha value is -2.17. The Kier molecular flexibility index (Phi) is 4.87. The van der Waals surface area contributed by atoms with Crippen molar-refractivity contribution in [2.75, 3.05) is 19.0 Å². The summed E-state index contributed by atoms with van der Waals surface area (Å²) >= 11 is 0. The van der Waals surface area contributed by atoms with E-state index in [-0.39, 0.29) is 12.5 Å². The lowest BCUT2D eigenvalue weighted by molar-refractivity contribution is -0.118. The molecule has 0 aromatic heterocycles. The van der Waals surface area contributed by atoms with E-state index in [1.165, 1.54) is 7.11 Å². The van der Waals surface area contributed by atoms with Crippen molar-refractivity contribution in [2.24, 2.45) is 5.73 Å². The average Bonchev–Trinajstić information content (AvgIpc) is 2.49. The van der Waals surface area contributed by atoms with E-state index in [2.05, 4.69) is 5.32 Å². The maximum atomic E-state index is 12.0. The van der Waals surface area contributed by atoms with Gasteiger partial charge in [0.2, 0.25) is 5.91 Å². The summed E-state index contributed by atoms with van der Waals surface area (Å²) in [6, 6.07) is 16.8. The molecule has 0 fully saturated rings. The van der Waals surface area contributed by atoms with E-state index in [1.54, 1.807) is 0 Å². The predicted molar refractivity (Wildman–Crippen MR) is 80.4 cm³/mol. The number of nitrogens with two attached hydrogens (primary N) is 1. The van der Waals surface area contributed by atoms with Crippen molar-refractivity contribution < 1.29 is 9.53 Å². The highest BCUT2D eigenvalue weighted by Crippen LogP contribution is 2.27. The molecule has 0 heterocycles. The minimum absolute atomic E-state index is 0.194. The van der Waals surface area contributed by atoms with Gasteiger partial charge in [0.15, 0.2) is 0 Å². The molecule has 0 aliphatic carbocycles. The highest BCUT2D eigenvalue weighted by Gasteiger charge is 2.14. The van der Waals surface area contributed by atoms with Crippen LogP contribution in [0.25, 0.3) is 11.1 Å². The normalized spacial score (nSPS) is 11.9. The van der Waals surface area contributed by atoms with Gasteiger partial charge < -0.3 is 15.8 Å². The van der Waals surface area contributed by atoms with Crippen LogP contribution in [0.3, 0.4) is 0 Å². The highest BCUT2D eigenvalue weighted by molar-refractivity contribution is 5.98. The smallest absolute Gasteiger partial charge is 0.243 e. The molecule has 0 aliphatic rings. The Balaban J connectivity index is 2.23. The molecule has 1 amide bonds. The Morgan fingerprint density at radius 2 is 1.80 bits per heavy atom. The first kappa shape index (κ1) is 14.2. The number of carbonyl (C=O) groups is 1. The summed E-state index contributed by atoms with van der Waals surface area (Å²) < 4.78 is 4.89. The zero-order valence-corrected chi connectivity index (χ0v) is 11.4. The molecular formula is C16H18N2O2. The Labute approximate surface area is 118 Å². The maximum Gasteiger partial charge on any atom is 0.243 e. The predicted octanol–water partition coefficient (Wildman–Crippen LogP) is 2.27. The fourth-order valence-electron chi connectivity index (χ4n) is 1.94. The van der Waals surface area contributed by atoms with Crippen LogP contribution in [-0.4, -0.2) is 25.7 Å². The van der Waals surface area contributed by atoms with E-state index < -0.39 is 6.04 Å². The molecule has 2 aromatic carbocycles. The van der Waals surface area contributed by atoms with Crippen LogP contribution in [0.1, 0.15) is 0 Å². The Morgan fingerprint density at radius 1 is 1.15 bits per heavy atom. The van der Waals surface area contributed by atoms with Crippen molar-refractivity contribution in [1.29, 1.82) is 0 Å². The van der Waals surface area contributed by atoms with Crippen LogP contribution >= 0.6 is 0 Å². The zero-order chi connectivity index (χ0) is 14.4. The van der Waals surface area contributed by atoms with E-state index in [1.807, 2.05) is 54.6 Å². The lowest BCUT2D eigenvalue weighted by atomic mass is 10.0. The van der Waals surface area contributed by atoms with Crippen molar-refractivity contribution >= 4 is 11.6 Å². The van der Waals surface area contributed by atoms with Crippen molar-refractivity contribution in [3.63, 3.8) is 0 Å². The quantitative estimate of drug-likeness (QED) is 0.876. The van der Waals surface area contributed by atoms with Gasteiger partial charge in [-0.3, -0.25) is 4.79 Å². The first-order chi connectivity index (χ1) is 9.72. The van der Waals surface area contributed by atoms with Gasteiger partial charge in [-0.25, -0.2) is 0 Å². The van der Waals surface area contributed by atoms with Crippen LogP contribution in [-0.2, 0) is 9.53 Å². The van der Waals surface area contributed by atoms with Crippen LogP contribution in [0.5, 0.6) is 0 Å². The Bertz CT molecular complexity index is 570. The number of hydrogen-bond acceptors (Lipinski definition) is 3. The summed E-state index contributed by atoms with van der Waals surface area (Å²) in [7, 11) is 1.52. The number of carbonyl (C=O) groups excluding carboxylic acids is 1. The van der Waals surface area contributed by atoms with E-state index in [0.717, 1.165) is 16.8 Å². The van der Waals surface area contributed by atoms with Crippen LogP contribution in [0, 0.1) is 0 Å². The largest absolute Gasteiger partial charge is 0.383 e. The summed E-state index contributed by atoms with van der Waals surface area (Å²) in [5, 5.41) is 2.85. The van der Waals surface area contributed by atoms with Crippen molar-refractivity contribution in [3.8, 4) is 11.1 Å². The molecule has 4 nitrogen and oxygen atoms in total. The zero-order valence-electron chi connectivity index (χ0n) is 11.4. The molecule has 0 aliphatic heterocycles. The van der Waals surface area contributed by atoms with Gasteiger partial charge in [-0.05, 0) is 11.6 Å². The second-order valence-corrected chi connectivity index (χ2v) is 4.46. The third-order valence-corrected chi connectivity index (χ3v) is 2.95. The number of para-hydroxylation sites is 1. The first-order valence-electron chi connectivity index (χ1n) is 6.42. The molecular weight excluding hydrogens is 252 g/mol. The minimum atomic E-state index is -0.677. The van der Waals surface area contributed by atoms with Crippen LogP contribution < -0.4 is 11.1 Å². The highest BCUT2D eigenvalue weighted by atomic mass is 16.5. The lowest BCUT2D eigenvalue weighted by Crippen LogP contribution is -2.39. The molecule has 0 spiro atoms. The summed E-state index contributed by atoms with van der Waals surface area (Å²) in [6.07, 6.45) is 0. The van der Waals surface area contributed by atoms with E-state index in [0.29, 0.717) is 0 Å². The fourth-order valence-corrected chi connectivity index (χ4v) is 1.94. The van der Waals surface area contributed by atoms with Gasteiger partial charge >= 0.3 is 0 Å². The molecule has 3 N–H and O–H groups in total. The minimum Gasteiger partial charge on any atom is -0.383 e. The van der Waals surface area contributed by atoms with Crippen LogP contribution in [0.2, 0.25) is 0 Å². The molecule has 1 atom stereocenters. The van der Waals surface area contributed by atoms with Gasteiger partial charge in [-0.1, -0.05) is 48.5 Å². The number of rotatable bonds is 5. The van der Waals surface area contributed by atoms with Crippen molar-refractivity contribution in [2.45, 2.75) is 6.04 Å². The molecule has 4 heteroatoms. The summed E-state index contributed by atoms with van der Waals surface area (Å²) in [6.45, 7) is 0.194. The molecule has 0 radical (unpaired) electrons. The number of benzene rings is 2. The SMILES string of the molecule is COCC(N)C(=O)Nc1ccccc1-c1ccccc1. The third-order valence-electron chi connectivity index (χ3n) is 2.95. The maximum absolute atomic E-state index is 12.0. The number of methoxy groups -OCH3 is 1. The molecule has 20 heavy (non-hydrogen) atoms. The molecule has 104 valence electrons. The van der Waals surface area contributed by atoms with Gasteiger partial charge in [-0.2, -0.15) is 0 Å². The standard InChI is InChI=1S/C16H18N2O2/c1-20-11-14(17)16(19)18-15-10-6-5-9-13(15)12-7-3-2-4-8-12/h2-10,14H,11,17H2,1H3,(H,18,19). The fraction of sp³-hybridized carbons (Fsp3) is 0.188. The number of ether oxygens (including phenoxy) is 1. The van der Waals surface area contributed by atoms with E-state index in [4.69, 9.17) is 10.5 Å². The average molecular weight is 270 g/mol. The van der Waals surface area contributed by atoms with Gasteiger partial charge in [0.25, 0.3) is 0 Å². The molecule has 0 saturated carbocycles. The molecule has 2 aromatic rings. The van der Waals surface area contributed by atoms with Crippen molar-refractivity contribution in [1.82, 2.24) is 0 Å². The molecule has 2 rings (SSSR count). The number of nitrogens with one attached hydrogen (secondary N) is 1. The van der Waals surface area contributed by atoms with Gasteiger partial charge in [-0.15, -0.1) is 0 Å². The van der Waals surface area contributed by atoms with Crippen LogP contribution in [0.15, 0.2) is 54.6 Å². The van der Waals surface area contributed by atoms with E-state index in [9.17, 15) is 4.79 Å².